The van der Waals surface area contributed by atoms with Crippen molar-refractivity contribution in [3.63, 3.8) is 0 Å². The number of carbonyl (C=O) groups excluding carboxylic acids is 2. The maximum absolute atomic E-state index is 14.4. The Balaban J connectivity index is 1.91. The van der Waals surface area contributed by atoms with Gasteiger partial charge in [-0.1, -0.05) is 18.2 Å². The first-order chi connectivity index (χ1) is 11.9. The first kappa shape index (κ1) is 17.9. The van der Waals surface area contributed by atoms with Crippen LogP contribution in [0.15, 0.2) is 24.3 Å². The summed E-state index contributed by atoms with van der Waals surface area (Å²) in [6, 6.07) is 5.84. The molecule has 2 heterocycles. The zero-order valence-corrected chi connectivity index (χ0v) is 14.9. The Morgan fingerprint density at radius 1 is 1.20 bits per heavy atom. The Hall–Kier alpha value is -1.95. The fourth-order valence-corrected chi connectivity index (χ4v) is 4.03. The maximum Gasteiger partial charge on any atom is 0.228 e. The second-order valence-corrected chi connectivity index (χ2v) is 7.12. The molecule has 0 aliphatic carbocycles. The fourth-order valence-electron chi connectivity index (χ4n) is 4.03. The van der Waals surface area contributed by atoms with Crippen LogP contribution < -0.4 is 0 Å². The molecule has 0 saturated carbocycles. The van der Waals surface area contributed by atoms with Gasteiger partial charge in [-0.15, -0.1) is 0 Å². The van der Waals surface area contributed by atoms with Gasteiger partial charge in [0.05, 0.1) is 24.2 Å². The van der Waals surface area contributed by atoms with Crippen molar-refractivity contribution in [1.29, 1.82) is 0 Å². The predicted octanol–water partition coefficient (Wildman–Crippen LogP) is 2.37. The molecule has 2 saturated heterocycles. The van der Waals surface area contributed by atoms with Gasteiger partial charge in [-0.05, 0) is 26.3 Å². The number of amides is 2. The van der Waals surface area contributed by atoms with Crippen LogP contribution in [0.25, 0.3) is 0 Å². The molecule has 0 aromatic heterocycles. The van der Waals surface area contributed by atoms with Crippen molar-refractivity contribution in [3.05, 3.63) is 35.6 Å². The van der Waals surface area contributed by atoms with E-state index in [2.05, 4.69) is 0 Å². The van der Waals surface area contributed by atoms with Gasteiger partial charge in [0.1, 0.15) is 5.82 Å². The van der Waals surface area contributed by atoms with Gasteiger partial charge in [0.15, 0.2) is 0 Å². The molecule has 4 atom stereocenters. The van der Waals surface area contributed by atoms with Crippen LogP contribution in [0.3, 0.4) is 0 Å². The van der Waals surface area contributed by atoms with Gasteiger partial charge in [0, 0.05) is 32.1 Å². The SMILES string of the molecule is CC1CN(C(=O)C2CCC(=O)N(C)C2c2ccccc2F)CC(C)O1. The molecule has 25 heavy (non-hydrogen) atoms. The number of carbonyl (C=O) groups is 2. The molecule has 0 spiro atoms. The van der Waals surface area contributed by atoms with Crippen molar-refractivity contribution in [2.45, 2.75) is 44.9 Å². The number of morpholine rings is 1. The Bertz CT molecular complexity index is 656. The third-order valence-corrected chi connectivity index (χ3v) is 5.13. The molecule has 3 rings (SSSR count). The van der Waals surface area contributed by atoms with Crippen LogP contribution in [0.4, 0.5) is 4.39 Å². The van der Waals surface area contributed by atoms with Crippen molar-refractivity contribution < 1.29 is 18.7 Å². The maximum atomic E-state index is 14.4. The summed E-state index contributed by atoms with van der Waals surface area (Å²) in [5.41, 5.74) is 0.408. The van der Waals surface area contributed by atoms with E-state index in [1.165, 1.54) is 11.0 Å². The molecule has 2 fully saturated rings. The zero-order chi connectivity index (χ0) is 18.1. The number of hydrogen-bond donors (Lipinski definition) is 0. The molecule has 136 valence electrons. The molecule has 2 aliphatic rings. The van der Waals surface area contributed by atoms with E-state index in [0.717, 1.165) is 0 Å². The second kappa shape index (κ2) is 7.12. The summed E-state index contributed by atoms with van der Waals surface area (Å²) in [6.07, 6.45) is 0.708. The average Bonchev–Trinajstić information content (AvgIpc) is 2.56. The van der Waals surface area contributed by atoms with Crippen LogP contribution in [0.1, 0.15) is 38.3 Å². The third kappa shape index (κ3) is 3.54. The van der Waals surface area contributed by atoms with Crippen molar-refractivity contribution >= 4 is 11.8 Å². The van der Waals surface area contributed by atoms with Crippen molar-refractivity contribution in [3.8, 4) is 0 Å². The summed E-state index contributed by atoms with van der Waals surface area (Å²) in [6.45, 7) is 4.95. The highest BCUT2D eigenvalue weighted by molar-refractivity contribution is 5.85. The smallest absolute Gasteiger partial charge is 0.228 e. The van der Waals surface area contributed by atoms with Gasteiger partial charge in [0.2, 0.25) is 11.8 Å². The first-order valence-electron chi connectivity index (χ1n) is 8.82. The molecule has 0 bridgehead atoms. The van der Waals surface area contributed by atoms with Crippen LogP contribution in [0.5, 0.6) is 0 Å². The van der Waals surface area contributed by atoms with Crippen molar-refractivity contribution in [1.82, 2.24) is 9.80 Å². The van der Waals surface area contributed by atoms with E-state index >= 15 is 0 Å². The van der Waals surface area contributed by atoms with E-state index in [0.29, 0.717) is 31.5 Å². The monoisotopic (exact) mass is 348 g/mol. The Morgan fingerprint density at radius 3 is 2.48 bits per heavy atom. The predicted molar refractivity (Wildman–Crippen MR) is 91.2 cm³/mol. The van der Waals surface area contributed by atoms with E-state index in [1.807, 2.05) is 13.8 Å². The van der Waals surface area contributed by atoms with Gasteiger partial charge in [0.25, 0.3) is 0 Å². The minimum Gasteiger partial charge on any atom is -0.372 e. The Kier molecular flexibility index (Phi) is 5.08. The van der Waals surface area contributed by atoms with Gasteiger partial charge >= 0.3 is 0 Å². The number of piperidine rings is 1. The molecule has 2 amide bonds. The molecular weight excluding hydrogens is 323 g/mol. The lowest BCUT2D eigenvalue weighted by Gasteiger charge is -2.43. The largest absolute Gasteiger partial charge is 0.372 e. The van der Waals surface area contributed by atoms with E-state index < -0.39 is 12.0 Å². The van der Waals surface area contributed by atoms with Gasteiger partial charge < -0.3 is 14.5 Å². The third-order valence-electron chi connectivity index (χ3n) is 5.13. The lowest BCUT2D eigenvalue weighted by Crippen LogP contribution is -2.53. The quantitative estimate of drug-likeness (QED) is 0.824. The Morgan fingerprint density at radius 2 is 1.84 bits per heavy atom. The molecule has 2 aliphatic heterocycles. The molecule has 1 aromatic carbocycles. The molecule has 4 unspecified atom stereocenters. The lowest BCUT2D eigenvalue weighted by molar-refractivity contribution is -0.154. The summed E-state index contributed by atoms with van der Waals surface area (Å²) in [7, 11) is 1.66. The average molecular weight is 348 g/mol. The van der Waals surface area contributed by atoms with Crippen LogP contribution in [0.2, 0.25) is 0 Å². The van der Waals surface area contributed by atoms with Crippen molar-refractivity contribution in [2.75, 3.05) is 20.1 Å². The first-order valence-corrected chi connectivity index (χ1v) is 8.82. The topological polar surface area (TPSA) is 49.9 Å². The van der Waals surface area contributed by atoms with Crippen LogP contribution in [0, 0.1) is 11.7 Å². The summed E-state index contributed by atoms with van der Waals surface area (Å²) < 4.78 is 20.1. The van der Waals surface area contributed by atoms with Crippen LogP contribution in [-0.4, -0.2) is 54.0 Å². The standard InChI is InChI=1S/C19H25FN2O3/c1-12-10-22(11-13(2)25-12)19(24)15-8-9-17(23)21(3)18(15)14-6-4-5-7-16(14)20/h4-7,12-13,15,18H,8-11H2,1-3H3. The van der Waals surface area contributed by atoms with E-state index in [9.17, 15) is 14.0 Å². The highest BCUT2D eigenvalue weighted by Gasteiger charge is 2.42. The number of likely N-dealkylation sites (tertiary alicyclic amines) is 1. The minimum absolute atomic E-state index is 0.0189. The molecular formula is C19H25FN2O3. The van der Waals surface area contributed by atoms with Crippen molar-refractivity contribution in [2.24, 2.45) is 5.92 Å². The molecule has 6 heteroatoms. The molecule has 5 nitrogen and oxygen atoms in total. The fraction of sp³-hybridized carbons (Fsp3) is 0.579. The number of nitrogens with zero attached hydrogens (tertiary/aromatic N) is 2. The molecule has 0 N–H and O–H groups in total. The van der Waals surface area contributed by atoms with Gasteiger partial charge in [-0.25, -0.2) is 4.39 Å². The number of hydrogen-bond acceptors (Lipinski definition) is 3. The normalized spacial score (nSPS) is 30.5. The number of rotatable bonds is 2. The highest BCUT2D eigenvalue weighted by atomic mass is 19.1. The van der Waals surface area contributed by atoms with Crippen LogP contribution >= 0.6 is 0 Å². The van der Waals surface area contributed by atoms with E-state index in [4.69, 9.17) is 4.74 Å². The summed E-state index contributed by atoms with van der Waals surface area (Å²) >= 11 is 0. The minimum atomic E-state index is -0.566. The Labute approximate surface area is 147 Å². The highest BCUT2D eigenvalue weighted by Crippen LogP contribution is 2.38. The summed E-state index contributed by atoms with van der Waals surface area (Å²) in [4.78, 5) is 28.7. The molecule has 0 radical (unpaired) electrons. The lowest BCUT2D eigenvalue weighted by atomic mass is 9.83. The summed E-state index contributed by atoms with van der Waals surface area (Å²) in [5, 5.41) is 0. The summed E-state index contributed by atoms with van der Waals surface area (Å²) in [5.74, 6) is -0.886. The number of benzene rings is 1. The van der Waals surface area contributed by atoms with Gasteiger partial charge in [-0.3, -0.25) is 9.59 Å². The van der Waals surface area contributed by atoms with E-state index in [1.54, 1.807) is 30.1 Å². The van der Waals surface area contributed by atoms with Crippen LogP contribution in [-0.2, 0) is 14.3 Å². The zero-order valence-electron chi connectivity index (χ0n) is 14.9. The second-order valence-electron chi connectivity index (χ2n) is 7.12. The van der Waals surface area contributed by atoms with Gasteiger partial charge in [-0.2, -0.15) is 0 Å². The molecule has 1 aromatic rings. The van der Waals surface area contributed by atoms with E-state index in [-0.39, 0.29) is 29.8 Å². The number of halogens is 1. The number of ether oxygens (including phenoxy) is 1.